The van der Waals surface area contributed by atoms with Gasteiger partial charge in [-0.15, -0.1) is 4.99 Å². The molecule has 50 valence electrons. The molecule has 0 bridgehead atoms. The molecule has 0 aliphatic heterocycles. The minimum Gasteiger partial charge on any atom is -0.390 e. The van der Waals surface area contributed by atoms with Crippen molar-refractivity contribution >= 4 is 12.2 Å². The molecule has 9 heavy (non-hydrogen) atoms. The normalized spacial score (nSPS) is 12.4. The summed E-state index contributed by atoms with van der Waals surface area (Å²) in [5.74, 6) is -0.363. The van der Waals surface area contributed by atoms with Crippen LogP contribution < -0.4 is 0 Å². The second-order valence-electron chi connectivity index (χ2n) is 1.17. The van der Waals surface area contributed by atoms with E-state index >= 15 is 0 Å². The summed E-state index contributed by atoms with van der Waals surface area (Å²) in [6.07, 6.45) is 1.32. The monoisotopic (exact) mass is 129 g/mol. The Balaban J connectivity index is 4.19. The average Bonchev–Trinajstić information content (AvgIpc) is 1.82. The molecule has 0 aliphatic rings. The van der Waals surface area contributed by atoms with Crippen molar-refractivity contribution in [2.24, 2.45) is 9.98 Å². The molecule has 5 heteroatoms. The van der Waals surface area contributed by atoms with Gasteiger partial charge in [0.15, 0.2) is 0 Å². The summed E-state index contributed by atoms with van der Waals surface area (Å²) in [6, 6.07) is 0. The summed E-state index contributed by atoms with van der Waals surface area (Å²) in [4.78, 5) is 15.9. The second kappa shape index (κ2) is 3.71. The molecule has 0 radical (unpaired) electrons. The van der Waals surface area contributed by atoms with Crippen LogP contribution in [0.4, 0.5) is 0 Å². The Labute approximate surface area is 52.3 Å². The minimum atomic E-state index is -0.639. The van der Waals surface area contributed by atoms with E-state index < -0.39 is 4.92 Å². The van der Waals surface area contributed by atoms with E-state index in [1.165, 1.54) is 13.3 Å². The van der Waals surface area contributed by atoms with E-state index in [1.54, 1.807) is 6.92 Å². The maximum absolute atomic E-state index is 9.88. The molecule has 0 rings (SSSR count). The first-order valence-corrected chi connectivity index (χ1v) is 2.32. The highest BCUT2D eigenvalue weighted by molar-refractivity contribution is 5.80. The van der Waals surface area contributed by atoms with E-state index in [-0.39, 0.29) is 5.96 Å². The molecule has 0 amide bonds. The molecular formula is C4H7N3O2. The predicted octanol–water partition coefficient (Wildman–Crippen LogP) is 0.340. The molecule has 5 nitrogen and oxygen atoms in total. The summed E-state index contributed by atoms with van der Waals surface area (Å²) >= 11 is 0. The Morgan fingerprint density at radius 1 is 1.78 bits per heavy atom. The van der Waals surface area contributed by atoms with Gasteiger partial charge in [0.05, 0.1) is 13.3 Å². The zero-order valence-corrected chi connectivity index (χ0v) is 5.24. The van der Waals surface area contributed by atoms with Crippen molar-refractivity contribution in [1.82, 2.24) is 0 Å². The van der Waals surface area contributed by atoms with E-state index in [0.29, 0.717) is 0 Å². The van der Waals surface area contributed by atoms with E-state index in [9.17, 15) is 10.1 Å². The maximum Gasteiger partial charge on any atom is 0.462 e. The molecule has 0 aromatic carbocycles. The Morgan fingerprint density at radius 3 is 2.44 bits per heavy atom. The number of nitro groups is 1. The van der Waals surface area contributed by atoms with Gasteiger partial charge >= 0.3 is 5.96 Å². The van der Waals surface area contributed by atoms with Gasteiger partial charge in [0.25, 0.3) is 0 Å². The highest BCUT2D eigenvalue weighted by atomic mass is 16.6. The molecule has 0 atom stereocenters. The maximum atomic E-state index is 9.88. The third-order valence-corrected chi connectivity index (χ3v) is 0.608. The molecule has 0 aromatic heterocycles. The lowest BCUT2D eigenvalue weighted by Gasteiger charge is -1.87. The van der Waals surface area contributed by atoms with Crippen molar-refractivity contribution in [3.63, 3.8) is 0 Å². The third-order valence-electron chi connectivity index (χ3n) is 0.608. The second-order valence-corrected chi connectivity index (χ2v) is 1.17. The number of hydrogen-bond acceptors (Lipinski definition) is 3. The lowest BCUT2D eigenvalue weighted by molar-refractivity contribution is -0.352. The zero-order valence-electron chi connectivity index (χ0n) is 5.24. The Kier molecular flexibility index (Phi) is 3.19. The highest BCUT2D eigenvalue weighted by Crippen LogP contribution is 1.78. The van der Waals surface area contributed by atoms with E-state index in [1.807, 2.05) is 0 Å². The fourth-order valence-corrected chi connectivity index (χ4v) is 0.302. The van der Waals surface area contributed by atoms with Gasteiger partial charge in [-0.2, -0.15) is 0 Å². The van der Waals surface area contributed by atoms with Crippen LogP contribution in [0.1, 0.15) is 6.92 Å². The largest absolute Gasteiger partial charge is 0.462 e. The zero-order chi connectivity index (χ0) is 7.28. The van der Waals surface area contributed by atoms with Crippen LogP contribution in [0.2, 0.25) is 0 Å². The minimum absolute atomic E-state index is 0.363. The van der Waals surface area contributed by atoms with Crippen LogP contribution in [0.15, 0.2) is 9.98 Å². The number of hydrogen-bond donors (Lipinski definition) is 0. The van der Waals surface area contributed by atoms with Gasteiger partial charge in [0, 0.05) is 0 Å². The molecule has 0 saturated heterocycles. The van der Waals surface area contributed by atoms with Gasteiger partial charge in [0.1, 0.15) is 0 Å². The molecule has 0 spiro atoms. The average molecular weight is 129 g/mol. The predicted molar refractivity (Wildman–Crippen MR) is 34.5 cm³/mol. The molecule has 0 heterocycles. The van der Waals surface area contributed by atoms with Crippen LogP contribution in [-0.2, 0) is 0 Å². The lowest BCUT2D eigenvalue weighted by Crippen LogP contribution is -2.07. The van der Waals surface area contributed by atoms with E-state index in [2.05, 4.69) is 9.98 Å². The fraction of sp³-hybridized carbons (Fsp3) is 0.500. The summed E-state index contributed by atoms with van der Waals surface area (Å²) < 4.78 is 0. The first kappa shape index (κ1) is 7.74. The first-order valence-electron chi connectivity index (χ1n) is 2.32. The van der Waals surface area contributed by atoms with Crippen molar-refractivity contribution < 1.29 is 4.92 Å². The first-order chi connectivity index (χ1) is 4.22. The molecule has 0 fully saturated rings. The fourth-order valence-electron chi connectivity index (χ4n) is 0.302. The van der Waals surface area contributed by atoms with Crippen LogP contribution in [0.3, 0.4) is 0 Å². The van der Waals surface area contributed by atoms with Crippen molar-refractivity contribution in [2.75, 3.05) is 7.05 Å². The summed E-state index contributed by atoms with van der Waals surface area (Å²) in [7, 11) is 1.32. The van der Waals surface area contributed by atoms with Crippen LogP contribution in [0.5, 0.6) is 0 Å². The molecule has 0 unspecified atom stereocenters. The van der Waals surface area contributed by atoms with E-state index in [0.717, 1.165) is 0 Å². The van der Waals surface area contributed by atoms with E-state index in [4.69, 9.17) is 0 Å². The Bertz CT molecular complexity index is 161. The van der Waals surface area contributed by atoms with Crippen molar-refractivity contribution in [1.29, 1.82) is 0 Å². The summed E-state index contributed by atoms with van der Waals surface area (Å²) in [5, 5.41) is 9.88. The molecule has 0 aliphatic carbocycles. The molecular weight excluding hydrogens is 122 g/mol. The Hall–Kier alpha value is -1.26. The molecule has 0 saturated carbocycles. The van der Waals surface area contributed by atoms with Crippen LogP contribution in [-0.4, -0.2) is 24.1 Å². The van der Waals surface area contributed by atoms with Crippen LogP contribution in [0, 0.1) is 10.1 Å². The number of nitrogens with zero attached hydrogens (tertiary/aromatic N) is 3. The highest BCUT2D eigenvalue weighted by Gasteiger charge is 2.03. The van der Waals surface area contributed by atoms with Crippen molar-refractivity contribution in [3.8, 4) is 0 Å². The van der Waals surface area contributed by atoms with Crippen LogP contribution in [0.25, 0.3) is 0 Å². The summed E-state index contributed by atoms with van der Waals surface area (Å²) in [6.45, 7) is 1.59. The SMILES string of the molecule is C/C=N\C(=NC)[N+](=O)[O-]. The van der Waals surface area contributed by atoms with Gasteiger partial charge in [0.2, 0.25) is 0 Å². The smallest absolute Gasteiger partial charge is 0.390 e. The van der Waals surface area contributed by atoms with Crippen LogP contribution >= 0.6 is 0 Å². The number of aliphatic imine (C=N–C) groups is 2. The molecule has 0 N–H and O–H groups in total. The van der Waals surface area contributed by atoms with Gasteiger partial charge in [-0.1, -0.05) is 4.99 Å². The topological polar surface area (TPSA) is 67.9 Å². The quantitative estimate of drug-likeness (QED) is 0.205. The lowest BCUT2D eigenvalue weighted by atomic mass is 10.8. The van der Waals surface area contributed by atoms with Crippen molar-refractivity contribution in [2.45, 2.75) is 6.92 Å². The van der Waals surface area contributed by atoms with Gasteiger partial charge in [-0.05, 0) is 11.8 Å². The van der Waals surface area contributed by atoms with Gasteiger partial charge < -0.3 is 10.1 Å². The standard InChI is InChI=1S/C4H7N3O2/c1-3-6-4(5-2)7(8)9/h3H,1-2H3/b5-4?,6-3-. The Morgan fingerprint density at radius 2 is 2.33 bits per heavy atom. The molecule has 0 aromatic rings. The number of rotatable bonds is 0. The summed E-state index contributed by atoms with van der Waals surface area (Å²) in [5.41, 5.74) is 0. The van der Waals surface area contributed by atoms with Gasteiger partial charge in [-0.25, -0.2) is 0 Å². The van der Waals surface area contributed by atoms with Gasteiger partial charge in [-0.3, -0.25) is 0 Å². The van der Waals surface area contributed by atoms with Crippen molar-refractivity contribution in [3.05, 3.63) is 10.1 Å². The number of guanidine groups is 1. The third kappa shape index (κ3) is 2.53.